The van der Waals surface area contributed by atoms with Gasteiger partial charge in [0.25, 0.3) is 0 Å². The largest absolute Gasteiger partial charge is 0.396 e. The van der Waals surface area contributed by atoms with E-state index in [1.165, 1.54) is 0 Å². The molecule has 0 aliphatic heterocycles. The molecular formula is C28H44O5. The van der Waals surface area contributed by atoms with Gasteiger partial charge in [-0.25, -0.2) is 0 Å². The van der Waals surface area contributed by atoms with E-state index >= 15 is 0 Å². The number of carbonyl (C=O) groups excluding carboxylic acids is 1. The molecule has 0 radical (unpaired) electrons. The molecule has 9 atom stereocenters. The van der Waals surface area contributed by atoms with E-state index in [1.54, 1.807) is 19.9 Å². The molecular weight excluding hydrogens is 416 g/mol. The van der Waals surface area contributed by atoms with Crippen LogP contribution >= 0.6 is 0 Å². The molecule has 4 rings (SSSR count). The summed E-state index contributed by atoms with van der Waals surface area (Å²) in [6.07, 6.45) is 10.8. The van der Waals surface area contributed by atoms with Crippen molar-refractivity contribution in [2.24, 2.45) is 40.4 Å². The summed E-state index contributed by atoms with van der Waals surface area (Å²) >= 11 is 0. The van der Waals surface area contributed by atoms with Gasteiger partial charge in [-0.3, -0.25) is 4.79 Å². The van der Waals surface area contributed by atoms with E-state index in [1.807, 2.05) is 6.08 Å². The normalized spacial score (nSPS) is 45.2. The number of fused-ring (bicyclic) bond motifs is 5. The predicted molar refractivity (Wildman–Crippen MR) is 128 cm³/mol. The van der Waals surface area contributed by atoms with Crippen LogP contribution in [0.25, 0.3) is 0 Å². The highest BCUT2D eigenvalue weighted by atomic mass is 16.3. The summed E-state index contributed by atoms with van der Waals surface area (Å²) in [6.45, 7) is 10.00. The van der Waals surface area contributed by atoms with Gasteiger partial charge in [-0.2, -0.15) is 0 Å². The van der Waals surface area contributed by atoms with Crippen LogP contribution in [0.2, 0.25) is 0 Å². The predicted octanol–water partition coefficient (Wildman–Crippen LogP) is 3.79. The van der Waals surface area contributed by atoms with E-state index in [0.717, 1.165) is 24.8 Å². The Morgan fingerprint density at radius 2 is 1.82 bits per heavy atom. The van der Waals surface area contributed by atoms with Crippen LogP contribution in [0.15, 0.2) is 23.8 Å². The first-order chi connectivity index (χ1) is 15.3. The average Bonchev–Trinajstić information content (AvgIpc) is 3.08. The molecule has 0 bridgehead atoms. The minimum absolute atomic E-state index is 0.00290. The Hall–Kier alpha value is -1.01. The maximum atomic E-state index is 13.2. The number of aliphatic hydroxyl groups is 4. The zero-order valence-electron chi connectivity index (χ0n) is 21.1. The fourth-order valence-corrected chi connectivity index (χ4v) is 8.15. The molecule has 33 heavy (non-hydrogen) atoms. The molecule has 0 saturated heterocycles. The molecule has 3 fully saturated rings. The van der Waals surface area contributed by atoms with Gasteiger partial charge in [0.15, 0.2) is 5.78 Å². The molecule has 186 valence electrons. The molecule has 3 saturated carbocycles. The first-order valence-electron chi connectivity index (χ1n) is 13.0. The van der Waals surface area contributed by atoms with Crippen molar-refractivity contribution in [3.8, 4) is 0 Å². The molecule has 5 nitrogen and oxygen atoms in total. The third-order valence-electron chi connectivity index (χ3n) is 10.5. The first-order valence-corrected chi connectivity index (χ1v) is 13.0. The molecule has 0 amide bonds. The van der Waals surface area contributed by atoms with Crippen LogP contribution in [0.4, 0.5) is 0 Å². The fraction of sp³-hybridized carbons (Fsp3) is 0.821. The summed E-state index contributed by atoms with van der Waals surface area (Å²) in [4.78, 5) is 13.2. The molecule has 0 heterocycles. The van der Waals surface area contributed by atoms with Crippen molar-refractivity contribution >= 4 is 5.78 Å². The molecule has 5 heteroatoms. The van der Waals surface area contributed by atoms with Gasteiger partial charge in [0.2, 0.25) is 0 Å². The molecule has 0 unspecified atom stereocenters. The van der Waals surface area contributed by atoms with Crippen LogP contribution in [-0.4, -0.2) is 50.1 Å². The summed E-state index contributed by atoms with van der Waals surface area (Å²) in [6, 6.07) is 0. The van der Waals surface area contributed by atoms with Crippen molar-refractivity contribution in [3.63, 3.8) is 0 Å². The standard InChI is InChI=1S/C28H44O5/c1-17(6-7-18(16-29)25(2,3)32)20-8-9-21-22-15-24(31)23-14-19(30)10-11-27(23,5)28(22,33)13-12-26(20,21)4/h6-7,15,17-21,23,29-30,32-33H,8-14,16H2,1-5H3/b7-6+/t17-,18-,19+,20-,21+,23-,26-,27+,28-/m1/s1. The molecule has 0 aromatic carbocycles. The summed E-state index contributed by atoms with van der Waals surface area (Å²) in [5.74, 6) is 0.366. The molecule has 0 aromatic heterocycles. The van der Waals surface area contributed by atoms with Gasteiger partial charge in [-0.15, -0.1) is 0 Å². The van der Waals surface area contributed by atoms with Gasteiger partial charge in [0.1, 0.15) is 0 Å². The number of hydrogen-bond donors (Lipinski definition) is 4. The van der Waals surface area contributed by atoms with Crippen LogP contribution in [0.3, 0.4) is 0 Å². The Bertz CT molecular complexity index is 840. The SMILES string of the molecule is C[C@H](/C=C/[C@H](CO)C(C)(C)O)[C@H]1CC[C@H]2C3=CC(=O)[C@H]4C[C@@H](O)CC[C@]4(C)[C@@]3(O)CC[C@]12C. The van der Waals surface area contributed by atoms with Gasteiger partial charge in [-0.1, -0.05) is 32.9 Å². The Morgan fingerprint density at radius 3 is 2.45 bits per heavy atom. The highest BCUT2D eigenvalue weighted by Gasteiger charge is 2.66. The highest BCUT2D eigenvalue weighted by Crippen LogP contribution is 2.67. The Morgan fingerprint density at radius 1 is 1.12 bits per heavy atom. The van der Waals surface area contributed by atoms with Crippen molar-refractivity contribution < 1.29 is 25.2 Å². The van der Waals surface area contributed by atoms with Gasteiger partial charge in [0, 0.05) is 17.3 Å². The van der Waals surface area contributed by atoms with E-state index in [2.05, 4.69) is 26.8 Å². The quantitative estimate of drug-likeness (QED) is 0.468. The lowest BCUT2D eigenvalue weighted by Gasteiger charge is -2.61. The number of carbonyl (C=O) groups is 1. The van der Waals surface area contributed by atoms with Crippen molar-refractivity contribution in [1.82, 2.24) is 0 Å². The van der Waals surface area contributed by atoms with Crippen LogP contribution < -0.4 is 0 Å². The van der Waals surface area contributed by atoms with Crippen LogP contribution in [0.5, 0.6) is 0 Å². The minimum Gasteiger partial charge on any atom is -0.396 e. The van der Waals surface area contributed by atoms with Crippen molar-refractivity contribution in [2.75, 3.05) is 6.61 Å². The topological polar surface area (TPSA) is 98.0 Å². The molecule has 4 aliphatic rings. The Kier molecular flexibility index (Phi) is 6.30. The third-order valence-corrected chi connectivity index (χ3v) is 10.5. The minimum atomic E-state index is -0.971. The van der Waals surface area contributed by atoms with E-state index < -0.39 is 22.7 Å². The molecule has 4 N–H and O–H groups in total. The van der Waals surface area contributed by atoms with Gasteiger partial charge < -0.3 is 20.4 Å². The second kappa shape index (κ2) is 8.29. The second-order valence-corrected chi connectivity index (χ2v) is 12.7. The van der Waals surface area contributed by atoms with Gasteiger partial charge in [-0.05, 0) is 93.6 Å². The maximum Gasteiger partial charge on any atom is 0.159 e. The lowest BCUT2D eigenvalue weighted by atomic mass is 9.45. The number of allylic oxidation sites excluding steroid dienone is 2. The van der Waals surface area contributed by atoms with Crippen molar-refractivity contribution in [2.45, 2.75) is 96.9 Å². The molecule has 0 spiro atoms. The third kappa shape index (κ3) is 3.78. The summed E-state index contributed by atoms with van der Waals surface area (Å²) in [5.41, 5.74) is -1.48. The Labute approximate surface area is 199 Å². The van der Waals surface area contributed by atoms with Crippen LogP contribution in [-0.2, 0) is 4.79 Å². The van der Waals surface area contributed by atoms with E-state index in [9.17, 15) is 25.2 Å². The maximum absolute atomic E-state index is 13.2. The van der Waals surface area contributed by atoms with E-state index in [4.69, 9.17) is 0 Å². The fourth-order valence-electron chi connectivity index (χ4n) is 8.15. The average molecular weight is 461 g/mol. The molecule has 0 aromatic rings. The summed E-state index contributed by atoms with van der Waals surface area (Å²) < 4.78 is 0. The lowest BCUT2D eigenvalue weighted by molar-refractivity contribution is -0.166. The van der Waals surface area contributed by atoms with Gasteiger partial charge in [0.05, 0.1) is 23.9 Å². The van der Waals surface area contributed by atoms with Crippen molar-refractivity contribution in [3.05, 3.63) is 23.8 Å². The zero-order chi connectivity index (χ0) is 24.4. The van der Waals surface area contributed by atoms with Crippen molar-refractivity contribution in [1.29, 1.82) is 0 Å². The Balaban J connectivity index is 1.62. The second-order valence-electron chi connectivity index (χ2n) is 12.7. The number of aliphatic hydroxyl groups excluding tert-OH is 2. The lowest BCUT2D eigenvalue weighted by Crippen LogP contribution is -2.63. The first kappa shape index (κ1) is 25.1. The monoisotopic (exact) mass is 460 g/mol. The summed E-state index contributed by atoms with van der Waals surface area (Å²) in [5, 5.41) is 42.4. The smallest absolute Gasteiger partial charge is 0.159 e. The van der Waals surface area contributed by atoms with E-state index in [0.29, 0.717) is 31.6 Å². The summed E-state index contributed by atoms with van der Waals surface area (Å²) in [7, 11) is 0. The molecule has 4 aliphatic carbocycles. The van der Waals surface area contributed by atoms with Crippen LogP contribution in [0.1, 0.15) is 79.6 Å². The number of hydrogen-bond acceptors (Lipinski definition) is 5. The van der Waals surface area contributed by atoms with Gasteiger partial charge >= 0.3 is 0 Å². The zero-order valence-corrected chi connectivity index (χ0v) is 21.1. The number of rotatable bonds is 5. The highest BCUT2D eigenvalue weighted by molar-refractivity contribution is 5.95. The number of ketones is 1. The van der Waals surface area contributed by atoms with Crippen LogP contribution in [0, 0.1) is 40.4 Å². The van der Waals surface area contributed by atoms with E-state index in [-0.39, 0.29) is 41.5 Å².